The molecule has 2 aliphatic rings. The number of oxime groups is 1. The Kier molecular flexibility index (Phi) is 7.72. The second kappa shape index (κ2) is 10.9. The van der Waals surface area contributed by atoms with Gasteiger partial charge in [0.25, 0.3) is 11.5 Å². The predicted octanol–water partition coefficient (Wildman–Crippen LogP) is 6.76. The summed E-state index contributed by atoms with van der Waals surface area (Å²) in [6, 6.07) is 13.5. The van der Waals surface area contributed by atoms with Gasteiger partial charge in [0.05, 0.1) is 12.3 Å². The first-order valence-corrected chi connectivity index (χ1v) is 13.6. The lowest BCUT2D eigenvalue weighted by Crippen LogP contribution is -2.42. The molecule has 0 saturated heterocycles. The van der Waals surface area contributed by atoms with Crippen LogP contribution in [0, 0.1) is 5.92 Å². The van der Waals surface area contributed by atoms with Crippen molar-refractivity contribution in [2.45, 2.75) is 50.4 Å². The third-order valence-electron chi connectivity index (χ3n) is 7.20. The van der Waals surface area contributed by atoms with Crippen LogP contribution >= 0.6 is 23.2 Å². The van der Waals surface area contributed by atoms with Gasteiger partial charge in [-0.2, -0.15) is 13.2 Å². The average molecular weight is 592 g/mol. The van der Waals surface area contributed by atoms with Crippen molar-refractivity contribution >= 4 is 51.5 Å². The van der Waals surface area contributed by atoms with Crippen LogP contribution in [0.15, 0.2) is 59.8 Å². The van der Waals surface area contributed by atoms with Crippen molar-refractivity contribution in [2.24, 2.45) is 11.1 Å². The highest BCUT2D eigenvalue weighted by Gasteiger charge is 2.62. The summed E-state index contributed by atoms with van der Waals surface area (Å²) >= 11 is 12.0. The van der Waals surface area contributed by atoms with Crippen LogP contribution in [0.5, 0.6) is 0 Å². The van der Waals surface area contributed by atoms with E-state index in [2.05, 4.69) is 15.8 Å². The average Bonchev–Trinajstić information content (AvgIpc) is 3.57. The van der Waals surface area contributed by atoms with E-state index in [9.17, 15) is 22.8 Å². The first kappa shape index (κ1) is 28.2. The normalized spacial score (nSPS) is 19.6. The first-order chi connectivity index (χ1) is 19.0. The Morgan fingerprint density at radius 3 is 2.40 bits per heavy atom. The molecule has 40 heavy (non-hydrogen) atoms. The molecule has 1 fully saturated rings. The lowest BCUT2D eigenvalue weighted by Gasteiger charge is -2.29. The van der Waals surface area contributed by atoms with Crippen molar-refractivity contribution in [1.82, 2.24) is 10.6 Å². The Morgan fingerprint density at radius 2 is 1.75 bits per heavy atom. The highest BCUT2D eigenvalue weighted by molar-refractivity contribution is 6.34. The Bertz CT molecular complexity index is 1490. The largest absolute Gasteiger partial charge is 0.435 e. The van der Waals surface area contributed by atoms with Gasteiger partial charge in [0.1, 0.15) is 0 Å². The topological polar surface area (TPSA) is 79.8 Å². The van der Waals surface area contributed by atoms with E-state index in [-0.39, 0.29) is 45.4 Å². The summed E-state index contributed by atoms with van der Waals surface area (Å²) in [6.07, 6.45) is -2.17. The quantitative estimate of drug-likeness (QED) is 0.303. The summed E-state index contributed by atoms with van der Waals surface area (Å²) in [7, 11) is 0. The van der Waals surface area contributed by atoms with E-state index in [1.807, 2.05) is 6.92 Å². The van der Waals surface area contributed by atoms with Crippen molar-refractivity contribution in [3.63, 3.8) is 0 Å². The van der Waals surface area contributed by atoms with Crippen LogP contribution in [0.2, 0.25) is 10.0 Å². The molecule has 1 aliphatic heterocycles. The summed E-state index contributed by atoms with van der Waals surface area (Å²) in [5, 5.41) is 10.5. The molecule has 11 heteroatoms. The predicted molar refractivity (Wildman–Crippen MR) is 148 cm³/mol. The summed E-state index contributed by atoms with van der Waals surface area (Å²) in [5.74, 6) is -0.103. The van der Waals surface area contributed by atoms with E-state index in [1.165, 1.54) is 31.0 Å². The maximum absolute atomic E-state index is 14.5. The number of amides is 2. The number of rotatable bonds is 8. The zero-order valence-corrected chi connectivity index (χ0v) is 23.0. The molecule has 0 radical (unpaired) electrons. The van der Waals surface area contributed by atoms with E-state index in [0.717, 1.165) is 18.6 Å². The molecule has 210 valence electrons. The number of carbonyl (C=O) groups is 2. The van der Waals surface area contributed by atoms with Crippen LogP contribution in [-0.2, 0) is 15.2 Å². The number of hydrogen-bond acceptors (Lipinski definition) is 4. The maximum Gasteiger partial charge on any atom is 0.435 e. The van der Waals surface area contributed by atoms with Crippen LogP contribution in [-0.4, -0.2) is 36.3 Å². The van der Waals surface area contributed by atoms with Gasteiger partial charge in [-0.3, -0.25) is 9.59 Å². The Morgan fingerprint density at radius 1 is 1.07 bits per heavy atom. The summed E-state index contributed by atoms with van der Waals surface area (Å²) in [6.45, 7) is 1.74. The fourth-order valence-corrected chi connectivity index (χ4v) is 5.60. The van der Waals surface area contributed by atoms with Crippen molar-refractivity contribution < 1.29 is 27.6 Å². The van der Waals surface area contributed by atoms with E-state index >= 15 is 0 Å². The van der Waals surface area contributed by atoms with E-state index < -0.39 is 24.1 Å². The van der Waals surface area contributed by atoms with Gasteiger partial charge in [-0.25, -0.2) is 0 Å². The number of hydrogen-bond donors (Lipinski definition) is 2. The summed E-state index contributed by atoms with van der Waals surface area (Å²) in [4.78, 5) is 30.5. The molecule has 3 aromatic carbocycles. The number of carbonyl (C=O) groups excluding carboxylic acids is 2. The van der Waals surface area contributed by atoms with Crippen LogP contribution in [0.1, 0.15) is 54.1 Å². The van der Waals surface area contributed by atoms with E-state index in [0.29, 0.717) is 22.3 Å². The fraction of sp³-hybridized carbons (Fsp3) is 0.345. The highest BCUT2D eigenvalue weighted by Crippen LogP contribution is 2.50. The molecule has 3 aromatic rings. The molecule has 1 heterocycles. The molecule has 2 unspecified atom stereocenters. The second-order valence-electron chi connectivity index (χ2n) is 10.3. The molecular weight excluding hydrogens is 566 g/mol. The van der Waals surface area contributed by atoms with Gasteiger partial charge < -0.3 is 15.5 Å². The van der Waals surface area contributed by atoms with Crippen molar-refractivity contribution in [3.05, 3.63) is 81.3 Å². The van der Waals surface area contributed by atoms with Crippen LogP contribution in [0.3, 0.4) is 0 Å². The first-order valence-electron chi connectivity index (χ1n) is 12.8. The van der Waals surface area contributed by atoms with Crippen LogP contribution in [0.4, 0.5) is 13.2 Å². The van der Waals surface area contributed by atoms with Gasteiger partial charge >= 0.3 is 6.18 Å². The van der Waals surface area contributed by atoms with Gasteiger partial charge in [-0.05, 0) is 54.3 Å². The Labute approximate surface area is 238 Å². The third-order valence-corrected chi connectivity index (χ3v) is 7.63. The lowest BCUT2D eigenvalue weighted by molar-refractivity contribution is -0.275. The molecule has 0 bridgehead atoms. The number of alkyl halides is 3. The van der Waals surface area contributed by atoms with Crippen molar-refractivity contribution in [1.29, 1.82) is 0 Å². The zero-order chi connectivity index (χ0) is 28.7. The minimum atomic E-state index is -4.83. The number of benzene rings is 3. The minimum absolute atomic E-state index is 0.0261. The Hall–Kier alpha value is -3.30. The molecule has 0 spiro atoms. The van der Waals surface area contributed by atoms with Gasteiger partial charge in [-0.1, -0.05) is 71.5 Å². The molecule has 0 aromatic heterocycles. The highest BCUT2D eigenvalue weighted by atomic mass is 35.5. The number of nitrogens with zero attached hydrogens (tertiary/aromatic N) is 1. The number of nitrogens with one attached hydrogen (secondary N) is 2. The SMILES string of the molecule is CC(CC1CC1)NC(=O)CNC(=O)c1ccc(C2=NOC(c3cc(Cl)cc(Cl)c3)(C(F)(F)F)C2)c2ccccc12. The molecular formula is C29H26Cl2F3N3O3. The van der Waals surface area contributed by atoms with E-state index in [4.69, 9.17) is 28.0 Å². The summed E-state index contributed by atoms with van der Waals surface area (Å²) < 4.78 is 43.4. The van der Waals surface area contributed by atoms with Gasteiger partial charge in [0.15, 0.2) is 0 Å². The van der Waals surface area contributed by atoms with Gasteiger partial charge in [0, 0.05) is 39.2 Å². The Balaban J connectivity index is 1.38. The van der Waals surface area contributed by atoms with Gasteiger partial charge in [-0.15, -0.1) is 0 Å². The second-order valence-corrected chi connectivity index (χ2v) is 11.2. The smallest absolute Gasteiger partial charge is 0.374 e. The minimum Gasteiger partial charge on any atom is -0.374 e. The molecule has 2 amide bonds. The number of fused-ring (bicyclic) bond motifs is 1. The lowest BCUT2D eigenvalue weighted by atomic mass is 9.85. The van der Waals surface area contributed by atoms with Crippen molar-refractivity contribution in [2.75, 3.05) is 6.54 Å². The standard InChI is InChI=1S/C29H26Cl2F3N3O3/c1-16(10-17-6-7-17)36-26(38)15-35-27(39)24-9-8-23(21-4-2-3-5-22(21)24)25-14-28(40-37-25,29(32,33)34)18-11-19(30)13-20(31)12-18/h2-5,8-9,11-13,16-17H,6-7,10,14-15H2,1H3,(H,35,39)(H,36,38). The zero-order valence-electron chi connectivity index (χ0n) is 21.4. The maximum atomic E-state index is 14.5. The summed E-state index contributed by atoms with van der Waals surface area (Å²) in [5.41, 5.74) is -2.32. The van der Waals surface area contributed by atoms with Gasteiger partial charge in [0.2, 0.25) is 5.91 Å². The molecule has 1 saturated carbocycles. The monoisotopic (exact) mass is 591 g/mol. The molecule has 1 aliphatic carbocycles. The molecule has 6 nitrogen and oxygen atoms in total. The van der Waals surface area contributed by atoms with E-state index in [1.54, 1.807) is 24.3 Å². The molecule has 2 N–H and O–H groups in total. The number of halogens is 5. The van der Waals surface area contributed by atoms with Crippen molar-refractivity contribution in [3.8, 4) is 0 Å². The third kappa shape index (κ3) is 5.76. The fourth-order valence-electron chi connectivity index (χ4n) is 5.08. The van der Waals surface area contributed by atoms with Crippen LogP contribution < -0.4 is 10.6 Å². The molecule has 5 rings (SSSR count). The van der Waals surface area contributed by atoms with Crippen LogP contribution in [0.25, 0.3) is 10.8 Å². The molecule has 2 atom stereocenters.